The number of esters is 2. The fourth-order valence-corrected chi connectivity index (χ4v) is 4.86. The highest BCUT2D eigenvalue weighted by molar-refractivity contribution is 7.98. The molecule has 33 heavy (non-hydrogen) atoms. The summed E-state index contributed by atoms with van der Waals surface area (Å²) >= 11 is 1.35. The molecular formula is C22H27N3O7S. The predicted molar refractivity (Wildman–Crippen MR) is 119 cm³/mol. The van der Waals surface area contributed by atoms with Crippen LogP contribution in [0.25, 0.3) is 0 Å². The Hall–Kier alpha value is -3.08. The molecule has 1 fully saturated rings. The maximum atomic E-state index is 13.0. The fourth-order valence-electron chi connectivity index (χ4n) is 3.82. The number of carbonyl (C=O) groups excluding carboxylic acids is 5. The van der Waals surface area contributed by atoms with Crippen molar-refractivity contribution in [1.82, 2.24) is 15.5 Å². The number of benzene rings is 1. The summed E-state index contributed by atoms with van der Waals surface area (Å²) in [6, 6.07) is 4.00. The number of ether oxygens (including phenoxy) is 2. The van der Waals surface area contributed by atoms with E-state index in [0.717, 1.165) is 5.56 Å². The highest BCUT2D eigenvalue weighted by Crippen LogP contribution is 2.20. The molecule has 0 aromatic heterocycles. The van der Waals surface area contributed by atoms with Gasteiger partial charge in [-0.3, -0.25) is 14.4 Å². The van der Waals surface area contributed by atoms with Gasteiger partial charge in [0.2, 0.25) is 17.7 Å². The number of carbonyl (C=O) groups is 5. The van der Waals surface area contributed by atoms with Crippen molar-refractivity contribution in [2.24, 2.45) is 0 Å². The Kier molecular flexibility index (Phi) is 8.32. The first-order valence-corrected chi connectivity index (χ1v) is 11.8. The lowest BCUT2D eigenvalue weighted by atomic mass is 10.1. The summed E-state index contributed by atoms with van der Waals surface area (Å²) in [6.45, 7) is 1.41. The van der Waals surface area contributed by atoms with Gasteiger partial charge in [-0.25, -0.2) is 9.59 Å². The maximum absolute atomic E-state index is 13.0. The second-order valence-corrected chi connectivity index (χ2v) is 8.82. The van der Waals surface area contributed by atoms with Crippen LogP contribution in [0.1, 0.15) is 35.7 Å². The van der Waals surface area contributed by atoms with E-state index in [1.165, 1.54) is 30.7 Å². The molecule has 2 N–H and O–H groups in total. The molecule has 2 heterocycles. The molecule has 1 aromatic rings. The summed E-state index contributed by atoms with van der Waals surface area (Å²) in [6.07, 6.45) is 1.14. The van der Waals surface area contributed by atoms with Crippen molar-refractivity contribution in [1.29, 1.82) is 0 Å². The number of fused-ring (bicyclic) bond motifs is 1. The average molecular weight is 478 g/mol. The first kappa shape index (κ1) is 24.6. The number of rotatable bonds is 3. The zero-order valence-corrected chi connectivity index (χ0v) is 19.3. The Balaban J connectivity index is 1.83. The van der Waals surface area contributed by atoms with E-state index in [1.54, 1.807) is 24.3 Å². The molecule has 0 aliphatic carbocycles. The molecule has 1 saturated heterocycles. The highest BCUT2D eigenvalue weighted by Gasteiger charge is 2.36. The summed E-state index contributed by atoms with van der Waals surface area (Å²) in [5.41, 5.74) is 1.08. The lowest BCUT2D eigenvalue weighted by Crippen LogP contribution is -2.57. The van der Waals surface area contributed by atoms with Crippen molar-refractivity contribution >= 4 is 41.4 Å². The van der Waals surface area contributed by atoms with Gasteiger partial charge in [0.1, 0.15) is 24.7 Å². The molecule has 2 aliphatic heterocycles. The summed E-state index contributed by atoms with van der Waals surface area (Å²) in [5, 5.41) is 5.17. The number of nitrogens with zero attached hydrogens (tertiary/aromatic N) is 1. The molecule has 0 unspecified atom stereocenters. The van der Waals surface area contributed by atoms with E-state index in [0.29, 0.717) is 30.7 Å². The zero-order chi connectivity index (χ0) is 24.0. The Morgan fingerprint density at radius 2 is 2.00 bits per heavy atom. The minimum Gasteiger partial charge on any atom is -0.467 e. The van der Waals surface area contributed by atoms with Crippen LogP contribution in [0.2, 0.25) is 0 Å². The number of likely N-dealkylation sites (tertiary alicyclic amines) is 1. The SMILES string of the molecule is COC(=O)[C@@H]1CSCc2ccccc2C(=O)OC[C@H](NC(=O)[C@@H]2CCCN2C(C)=O)C(=O)N1. The molecule has 11 heteroatoms. The molecular weight excluding hydrogens is 450 g/mol. The van der Waals surface area contributed by atoms with E-state index in [9.17, 15) is 24.0 Å². The molecule has 0 spiro atoms. The van der Waals surface area contributed by atoms with E-state index in [2.05, 4.69) is 10.6 Å². The Morgan fingerprint density at radius 1 is 1.24 bits per heavy atom. The summed E-state index contributed by atoms with van der Waals surface area (Å²) in [4.78, 5) is 64.0. The van der Waals surface area contributed by atoms with E-state index in [4.69, 9.17) is 9.47 Å². The van der Waals surface area contributed by atoms with E-state index >= 15 is 0 Å². The number of thioether (sulfide) groups is 1. The number of hydrogen-bond acceptors (Lipinski definition) is 8. The molecule has 3 atom stereocenters. The van der Waals surface area contributed by atoms with Crippen molar-refractivity contribution in [2.75, 3.05) is 26.0 Å². The second kappa shape index (κ2) is 11.2. The minimum atomic E-state index is -1.25. The lowest BCUT2D eigenvalue weighted by molar-refractivity contribution is -0.145. The van der Waals surface area contributed by atoms with Crippen LogP contribution in [0.15, 0.2) is 24.3 Å². The van der Waals surface area contributed by atoms with Gasteiger partial charge in [0.05, 0.1) is 12.7 Å². The van der Waals surface area contributed by atoms with Gasteiger partial charge in [0.25, 0.3) is 0 Å². The van der Waals surface area contributed by atoms with Gasteiger partial charge < -0.3 is 25.0 Å². The lowest BCUT2D eigenvalue weighted by Gasteiger charge is -2.26. The van der Waals surface area contributed by atoms with E-state index in [1.807, 2.05) is 0 Å². The number of nitrogens with one attached hydrogen (secondary N) is 2. The van der Waals surface area contributed by atoms with Crippen LogP contribution >= 0.6 is 11.8 Å². The summed E-state index contributed by atoms with van der Waals surface area (Å²) in [7, 11) is 1.22. The number of hydrogen-bond donors (Lipinski definition) is 2. The predicted octanol–water partition coefficient (Wildman–Crippen LogP) is 0.244. The standard InChI is InChI=1S/C22H27N3O7S/c1-13(26)25-9-5-8-18(25)20(28)23-16-10-32-21(29)15-7-4-3-6-14(15)11-33-12-17(22(30)31-2)24-19(16)27/h3-4,6-7,16-18H,5,8-12H2,1-2H3,(H,23,28)(H,24,27)/t16-,17-,18-/m0/s1. The first-order chi connectivity index (χ1) is 15.8. The van der Waals surface area contributed by atoms with Gasteiger partial charge in [-0.1, -0.05) is 18.2 Å². The fraction of sp³-hybridized carbons (Fsp3) is 0.500. The van der Waals surface area contributed by atoms with Crippen LogP contribution in [0.3, 0.4) is 0 Å². The van der Waals surface area contributed by atoms with Gasteiger partial charge in [-0.05, 0) is 24.5 Å². The first-order valence-electron chi connectivity index (χ1n) is 10.6. The Labute approximate surface area is 195 Å². The number of amides is 3. The van der Waals surface area contributed by atoms with Crippen molar-refractivity contribution < 1.29 is 33.4 Å². The van der Waals surface area contributed by atoms with Crippen LogP contribution in [0.5, 0.6) is 0 Å². The molecule has 0 saturated carbocycles. The van der Waals surface area contributed by atoms with Crippen LogP contribution in [0, 0.1) is 0 Å². The molecule has 0 radical (unpaired) electrons. The van der Waals surface area contributed by atoms with Crippen molar-refractivity contribution in [3.8, 4) is 0 Å². The topological polar surface area (TPSA) is 131 Å². The number of cyclic esters (lactones) is 1. The monoisotopic (exact) mass is 477 g/mol. The van der Waals surface area contributed by atoms with Crippen LogP contribution in [-0.4, -0.2) is 78.7 Å². The third-order valence-electron chi connectivity index (χ3n) is 5.56. The van der Waals surface area contributed by atoms with Crippen molar-refractivity contribution in [2.45, 2.75) is 43.6 Å². The number of methoxy groups -OCH3 is 1. The Bertz CT molecular complexity index is 938. The van der Waals surface area contributed by atoms with Crippen LogP contribution < -0.4 is 10.6 Å². The second-order valence-electron chi connectivity index (χ2n) is 7.79. The summed E-state index contributed by atoms with van der Waals surface area (Å²) < 4.78 is 10.2. The van der Waals surface area contributed by atoms with Gasteiger partial charge in [0.15, 0.2) is 0 Å². The maximum Gasteiger partial charge on any atom is 0.338 e. The molecule has 2 aliphatic rings. The summed E-state index contributed by atoms with van der Waals surface area (Å²) in [5.74, 6) is -2.04. The van der Waals surface area contributed by atoms with E-state index < -0.39 is 48.5 Å². The van der Waals surface area contributed by atoms with Gasteiger partial charge >= 0.3 is 11.9 Å². The quantitative estimate of drug-likeness (QED) is 0.592. The normalized spacial score (nSPS) is 23.8. The molecule has 0 bridgehead atoms. The average Bonchev–Trinajstić information content (AvgIpc) is 3.30. The van der Waals surface area contributed by atoms with Crippen LogP contribution in [-0.2, 0) is 34.4 Å². The van der Waals surface area contributed by atoms with E-state index in [-0.39, 0.29) is 11.7 Å². The minimum absolute atomic E-state index is 0.212. The van der Waals surface area contributed by atoms with Gasteiger partial charge in [-0.2, -0.15) is 11.8 Å². The Morgan fingerprint density at radius 3 is 2.73 bits per heavy atom. The van der Waals surface area contributed by atoms with Crippen molar-refractivity contribution in [3.63, 3.8) is 0 Å². The molecule has 10 nitrogen and oxygen atoms in total. The van der Waals surface area contributed by atoms with Gasteiger partial charge in [-0.15, -0.1) is 0 Å². The largest absolute Gasteiger partial charge is 0.467 e. The van der Waals surface area contributed by atoms with Crippen LogP contribution in [0.4, 0.5) is 0 Å². The molecule has 178 valence electrons. The molecule has 1 aromatic carbocycles. The molecule has 3 rings (SSSR count). The third kappa shape index (κ3) is 6.04. The van der Waals surface area contributed by atoms with Crippen molar-refractivity contribution in [3.05, 3.63) is 35.4 Å². The highest BCUT2D eigenvalue weighted by atomic mass is 32.2. The van der Waals surface area contributed by atoms with Gasteiger partial charge in [0, 0.05) is 25.0 Å². The zero-order valence-electron chi connectivity index (χ0n) is 18.5. The smallest absolute Gasteiger partial charge is 0.338 e. The molecule has 3 amide bonds. The third-order valence-corrected chi connectivity index (χ3v) is 6.64.